The van der Waals surface area contributed by atoms with Crippen LogP contribution >= 0.6 is 0 Å². The van der Waals surface area contributed by atoms with Crippen LogP contribution in [0.25, 0.3) is 0 Å². The van der Waals surface area contributed by atoms with Crippen molar-refractivity contribution in [2.45, 2.75) is 51.0 Å². The molecule has 1 fully saturated rings. The number of hydrogen-bond donors (Lipinski definition) is 2. The number of ether oxygens (including phenoxy) is 2. The molecule has 1 saturated carbocycles. The summed E-state index contributed by atoms with van der Waals surface area (Å²) in [5, 5.41) is 14.6. The van der Waals surface area contributed by atoms with Crippen LogP contribution in [0.3, 0.4) is 0 Å². The van der Waals surface area contributed by atoms with Crippen LogP contribution in [0.15, 0.2) is 30.3 Å². The largest absolute Gasteiger partial charge is 0.493 e. The molecule has 0 unspecified atom stereocenters. The minimum Gasteiger partial charge on any atom is -0.493 e. The van der Waals surface area contributed by atoms with E-state index in [4.69, 9.17) is 9.47 Å². The van der Waals surface area contributed by atoms with Crippen molar-refractivity contribution in [1.29, 1.82) is 0 Å². The minimum absolute atomic E-state index is 0.223. The Morgan fingerprint density at radius 2 is 1.76 bits per heavy atom. The monoisotopic (exact) mass is 398 g/mol. The van der Waals surface area contributed by atoms with E-state index in [-0.39, 0.29) is 5.91 Å². The molecule has 0 radical (unpaired) electrons. The molecular weight excluding hydrogens is 368 g/mol. The molecule has 3 rings (SSSR count). The van der Waals surface area contributed by atoms with Gasteiger partial charge in [-0.1, -0.05) is 31.7 Å². The molecule has 7 nitrogen and oxygen atoms in total. The van der Waals surface area contributed by atoms with Gasteiger partial charge in [0.25, 0.3) is 5.91 Å². The van der Waals surface area contributed by atoms with Gasteiger partial charge in [0.2, 0.25) is 0 Å². The van der Waals surface area contributed by atoms with E-state index in [9.17, 15) is 4.79 Å². The van der Waals surface area contributed by atoms with Crippen molar-refractivity contribution in [2.75, 3.05) is 26.1 Å². The molecule has 29 heavy (non-hydrogen) atoms. The van der Waals surface area contributed by atoms with E-state index in [0.29, 0.717) is 36.2 Å². The third-order valence-electron chi connectivity index (χ3n) is 5.25. The van der Waals surface area contributed by atoms with Crippen molar-refractivity contribution in [1.82, 2.24) is 15.5 Å². The van der Waals surface area contributed by atoms with Crippen LogP contribution in [0.1, 0.15) is 54.6 Å². The lowest BCUT2D eigenvalue weighted by molar-refractivity contribution is 0.0948. The van der Waals surface area contributed by atoms with E-state index in [2.05, 4.69) is 20.8 Å². The number of hydrogen-bond acceptors (Lipinski definition) is 6. The molecule has 0 saturated heterocycles. The van der Waals surface area contributed by atoms with Crippen molar-refractivity contribution >= 4 is 11.7 Å². The number of methoxy groups -OCH3 is 2. The Morgan fingerprint density at radius 1 is 1.00 bits per heavy atom. The summed E-state index contributed by atoms with van der Waals surface area (Å²) in [6.07, 6.45) is 8.15. The van der Waals surface area contributed by atoms with Crippen molar-refractivity contribution in [2.24, 2.45) is 0 Å². The van der Waals surface area contributed by atoms with Crippen molar-refractivity contribution in [3.63, 3.8) is 0 Å². The molecule has 1 aliphatic rings. The van der Waals surface area contributed by atoms with Crippen LogP contribution in [0.4, 0.5) is 5.82 Å². The maximum Gasteiger partial charge on any atom is 0.271 e. The van der Waals surface area contributed by atoms with E-state index in [0.717, 1.165) is 11.4 Å². The lowest BCUT2D eigenvalue weighted by Crippen LogP contribution is -2.27. The number of carbonyl (C=O) groups is 1. The molecule has 1 heterocycles. The summed E-state index contributed by atoms with van der Waals surface area (Å²) in [5.41, 5.74) is 1.38. The molecule has 1 aromatic heterocycles. The van der Waals surface area contributed by atoms with Crippen molar-refractivity contribution < 1.29 is 14.3 Å². The lowest BCUT2D eigenvalue weighted by Gasteiger charge is -2.16. The normalized spacial score (nSPS) is 14.7. The summed E-state index contributed by atoms with van der Waals surface area (Å²) in [4.78, 5) is 12.3. The lowest BCUT2D eigenvalue weighted by atomic mass is 10.1. The average Bonchev–Trinajstić information content (AvgIpc) is 3.02. The third-order valence-corrected chi connectivity index (χ3v) is 5.25. The molecule has 2 N–H and O–H groups in total. The van der Waals surface area contributed by atoms with E-state index in [1.165, 1.54) is 38.5 Å². The molecule has 0 aliphatic heterocycles. The second kappa shape index (κ2) is 10.6. The van der Waals surface area contributed by atoms with Crippen molar-refractivity contribution in [3.05, 3.63) is 41.6 Å². The second-order valence-corrected chi connectivity index (χ2v) is 7.33. The SMILES string of the molecule is COc1ccc(CCNC(=O)c2ccc(NC3CCCCCC3)nn2)cc1OC. The third kappa shape index (κ3) is 6.07. The summed E-state index contributed by atoms with van der Waals surface area (Å²) >= 11 is 0. The van der Waals surface area contributed by atoms with Crippen LogP contribution in [0.2, 0.25) is 0 Å². The Balaban J connectivity index is 1.48. The first-order valence-corrected chi connectivity index (χ1v) is 10.3. The highest BCUT2D eigenvalue weighted by molar-refractivity contribution is 5.92. The Labute approximate surface area is 172 Å². The number of nitrogens with one attached hydrogen (secondary N) is 2. The van der Waals surface area contributed by atoms with Gasteiger partial charge in [-0.15, -0.1) is 10.2 Å². The van der Waals surface area contributed by atoms with E-state index in [1.54, 1.807) is 20.3 Å². The quantitative estimate of drug-likeness (QED) is 0.661. The zero-order valence-corrected chi connectivity index (χ0v) is 17.2. The van der Waals surface area contributed by atoms with Gasteiger partial charge in [0.05, 0.1) is 14.2 Å². The molecule has 1 aliphatic carbocycles. The summed E-state index contributed by atoms with van der Waals surface area (Å²) in [6.45, 7) is 0.498. The highest BCUT2D eigenvalue weighted by atomic mass is 16.5. The van der Waals surface area contributed by atoms with E-state index < -0.39 is 0 Å². The molecule has 0 spiro atoms. The maximum atomic E-state index is 12.3. The Morgan fingerprint density at radius 3 is 2.41 bits per heavy atom. The first-order valence-electron chi connectivity index (χ1n) is 10.3. The predicted octanol–water partition coefficient (Wildman–Crippen LogP) is 3.60. The van der Waals surface area contributed by atoms with Gasteiger partial charge in [0.15, 0.2) is 17.2 Å². The molecule has 0 atom stereocenters. The van der Waals surface area contributed by atoms with Crippen LogP contribution < -0.4 is 20.1 Å². The molecule has 0 bridgehead atoms. The first-order chi connectivity index (χ1) is 14.2. The standard InChI is InChI=1S/C22H30N4O3/c1-28-19-11-9-16(15-20(19)29-2)13-14-23-22(27)18-10-12-21(26-25-18)24-17-7-5-3-4-6-8-17/h9-12,15,17H,3-8,13-14H2,1-2H3,(H,23,27)(H,24,26). The topological polar surface area (TPSA) is 85.4 Å². The molecular formula is C22H30N4O3. The maximum absolute atomic E-state index is 12.3. The van der Waals surface area contributed by atoms with Crippen LogP contribution in [-0.4, -0.2) is 42.9 Å². The van der Waals surface area contributed by atoms with Gasteiger partial charge in [-0.25, -0.2) is 0 Å². The van der Waals surface area contributed by atoms with Gasteiger partial charge < -0.3 is 20.1 Å². The average molecular weight is 399 g/mol. The minimum atomic E-state index is -0.223. The highest BCUT2D eigenvalue weighted by Gasteiger charge is 2.14. The molecule has 1 amide bonds. The number of amides is 1. The Bertz CT molecular complexity index is 787. The number of anilines is 1. The number of rotatable bonds is 8. The fraction of sp³-hybridized carbons (Fsp3) is 0.500. The smallest absolute Gasteiger partial charge is 0.271 e. The highest BCUT2D eigenvalue weighted by Crippen LogP contribution is 2.27. The Hall–Kier alpha value is -2.83. The van der Waals surface area contributed by atoms with Crippen LogP contribution in [-0.2, 0) is 6.42 Å². The number of carbonyl (C=O) groups excluding carboxylic acids is 1. The number of benzene rings is 1. The predicted molar refractivity (Wildman–Crippen MR) is 113 cm³/mol. The van der Waals surface area contributed by atoms with E-state index in [1.807, 2.05) is 24.3 Å². The second-order valence-electron chi connectivity index (χ2n) is 7.33. The zero-order valence-electron chi connectivity index (χ0n) is 17.2. The number of nitrogens with zero attached hydrogens (tertiary/aromatic N) is 2. The van der Waals surface area contributed by atoms with Crippen LogP contribution in [0, 0.1) is 0 Å². The van der Waals surface area contributed by atoms with E-state index >= 15 is 0 Å². The summed E-state index contributed by atoms with van der Waals surface area (Å²) in [6, 6.07) is 9.74. The summed E-state index contributed by atoms with van der Waals surface area (Å²) in [7, 11) is 3.21. The van der Waals surface area contributed by atoms with Crippen molar-refractivity contribution in [3.8, 4) is 11.5 Å². The summed E-state index contributed by atoms with van der Waals surface area (Å²) < 4.78 is 10.5. The molecule has 156 valence electrons. The van der Waals surface area contributed by atoms with Gasteiger partial charge in [-0.05, 0) is 49.1 Å². The van der Waals surface area contributed by atoms with Gasteiger partial charge in [-0.3, -0.25) is 4.79 Å². The first kappa shape index (κ1) is 20.9. The van der Waals surface area contributed by atoms with Gasteiger partial charge in [0.1, 0.15) is 5.82 Å². The van der Waals surface area contributed by atoms with Gasteiger partial charge >= 0.3 is 0 Å². The molecule has 1 aromatic carbocycles. The van der Waals surface area contributed by atoms with Gasteiger partial charge in [-0.2, -0.15) is 0 Å². The fourth-order valence-corrected chi connectivity index (χ4v) is 3.61. The Kier molecular flexibility index (Phi) is 7.67. The van der Waals surface area contributed by atoms with Crippen LogP contribution in [0.5, 0.6) is 11.5 Å². The summed E-state index contributed by atoms with van der Waals surface area (Å²) in [5.74, 6) is 1.88. The zero-order chi connectivity index (χ0) is 20.5. The van der Waals surface area contributed by atoms with Gasteiger partial charge in [0, 0.05) is 12.6 Å². The fourth-order valence-electron chi connectivity index (χ4n) is 3.61. The molecule has 7 heteroatoms. The molecule has 2 aromatic rings. The number of aromatic nitrogens is 2.